The maximum absolute atomic E-state index is 5.20. The minimum absolute atomic E-state index is 0. The Hall–Kier alpha value is -1.09. The lowest BCUT2D eigenvalue weighted by Gasteiger charge is -2.12. The van der Waals surface area contributed by atoms with E-state index in [-0.39, 0.29) is 24.0 Å². The van der Waals surface area contributed by atoms with Gasteiger partial charge in [0.25, 0.3) is 0 Å². The van der Waals surface area contributed by atoms with Crippen molar-refractivity contribution in [1.82, 2.24) is 15.6 Å². The Balaban J connectivity index is 0.00000361. The van der Waals surface area contributed by atoms with Gasteiger partial charge in [-0.3, -0.25) is 4.99 Å². The molecule has 114 valence electrons. The Bertz CT molecular complexity index is 402. The second-order valence-corrected chi connectivity index (χ2v) is 3.87. The Morgan fingerprint density at radius 1 is 1.35 bits per heavy atom. The van der Waals surface area contributed by atoms with Crippen LogP contribution in [0.15, 0.2) is 23.3 Å². The Morgan fingerprint density at radius 3 is 2.80 bits per heavy atom. The maximum atomic E-state index is 5.20. The number of nitrogens with one attached hydrogen (secondary N) is 2. The van der Waals surface area contributed by atoms with Crippen LogP contribution in [0, 0.1) is 0 Å². The lowest BCUT2D eigenvalue weighted by Crippen LogP contribution is -2.37. The summed E-state index contributed by atoms with van der Waals surface area (Å²) in [6.45, 7) is 2.17. The molecule has 0 aliphatic carbocycles. The smallest absolute Gasteiger partial charge is 0.218 e. The molecule has 0 atom stereocenters. The molecule has 1 rings (SSSR count). The fourth-order valence-corrected chi connectivity index (χ4v) is 1.57. The van der Waals surface area contributed by atoms with Crippen LogP contribution in [0.4, 0.5) is 0 Å². The van der Waals surface area contributed by atoms with E-state index in [1.807, 2.05) is 12.1 Å². The lowest BCUT2D eigenvalue weighted by atomic mass is 10.2. The highest BCUT2D eigenvalue weighted by Crippen LogP contribution is 2.12. The fraction of sp³-hybridized carbons (Fsp3) is 0.538. The van der Waals surface area contributed by atoms with E-state index >= 15 is 0 Å². The number of nitrogens with zero attached hydrogens (tertiary/aromatic N) is 2. The van der Waals surface area contributed by atoms with Gasteiger partial charge in [-0.25, -0.2) is 4.98 Å². The van der Waals surface area contributed by atoms with E-state index in [1.165, 1.54) is 0 Å². The minimum Gasteiger partial charge on any atom is -0.481 e. The normalized spacial score (nSPS) is 10.7. The molecule has 0 saturated heterocycles. The third-order valence-electron chi connectivity index (χ3n) is 2.53. The number of methoxy groups -OCH3 is 2. The molecule has 0 bridgehead atoms. The number of halogens is 1. The number of hydrogen-bond donors (Lipinski definition) is 2. The summed E-state index contributed by atoms with van der Waals surface area (Å²) in [6.07, 6.45) is 2.65. The molecular formula is C13H23IN4O2. The van der Waals surface area contributed by atoms with Crippen LogP contribution in [0.1, 0.15) is 12.0 Å². The Kier molecular flexibility index (Phi) is 11.1. The summed E-state index contributed by atoms with van der Waals surface area (Å²) >= 11 is 0. The van der Waals surface area contributed by atoms with Crippen LogP contribution in [0.3, 0.4) is 0 Å². The van der Waals surface area contributed by atoms with Crippen molar-refractivity contribution in [3.05, 3.63) is 23.9 Å². The zero-order chi connectivity index (χ0) is 13.9. The highest BCUT2D eigenvalue weighted by Gasteiger charge is 2.04. The average molecular weight is 394 g/mol. The molecule has 0 amide bonds. The molecule has 0 saturated carbocycles. The quantitative estimate of drug-likeness (QED) is 0.317. The van der Waals surface area contributed by atoms with Crippen molar-refractivity contribution in [2.24, 2.45) is 4.99 Å². The number of hydrogen-bond acceptors (Lipinski definition) is 4. The van der Waals surface area contributed by atoms with Gasteiger partial charge in [0.05, 0.1) is 7.11 Å². The number of aliphatic imine (C=N–C) groups is 1. The SMILES string of the molecule is CN=C(NCCCOC)NCc1cccnc1OC.I. The Morgan fingerprint density at radius 2 is 2.15 bits per heavy atom. The van der Waals surface area contributed by atoms with Crippen molar-refractivity contribution >= 4 is 29.9 Å². The molecule has 0 unspecified atom stereocenters. The number of guanidine groups is 1. The van der Waals surface area contributed by atoms with Crippen molar-refractivity contribution in [3.8, 4) is 5.88 Å². The topological polar surface area (TPSA) is 67.8 Å². The van der Waals surface area contributed by atoms with Crippen LogP contribution in [0.5, 0.6) is 5.88 Å². The molecule has 0 fully saturated rings. The van der Waals surface area contributed by atoms with E-state index in [0.29, 0.717) is 12.4 Å². The summed E-state index contributed by atoms with van der Waals surface area (Å²) in [6, 6.07) is 3.85. The zero-order valence-corrected chi connectivity index (χ0v) is 14.5. The van der Waals surface area contributed by atoms with Crippen LogP contribution in [-0.4, -0.2) is 45.4 Å². The first-order chi connectivity index (χ1) is 9.31. The zero-order valence-electron chi connectivity index (χ0n) is 12.2. The van der Waals surface area contributed by atoms with Gasteiger partial charge in [0.15, 0.2) is 5.96 Å². The summed E-state index contributed by atoms with van der Waals surface area (Å²) in [7, 11) is 5.05. The predicted molar refractivity (Wildman–Crippen MR) is 90.9 cm³/mol. The molecule has 0 spiro atoms. The number of pyridine rings is 1. The van der Waals surface area contributed by atoms with Gasteiger partial charge in [-0.1, -0.05) is 6.07 Å². The highest BCUT2D eigenvalue weighted by atomic mass is 127. The van der Waals surface area contributed by atoms with Crippen molar-refractivity contribution < 1.29 is 9.47 Å². The van der Waals surface area contributed by atoms with Gasteiger partial charge < -0.3 is 20.1 Å². The van der Waals surface area contributed by atoms with Crippen LogP contribution < -0.4 is 15.4 Å². The number of rotatable bonds is 7. The highest BCUT2D eigenvalue weighted by molar-refractivity contribution is 14.0. The third-order valence-corrected chi connectivity index (χ3v) is 2.53. The molecule has 0 radical (unpaired) electrons. The van der Waals surface area contributed by atoms with Gasteiger partial charge in [0.2, 0.25) is 5.88 Å². The molecule has 6 nitrogen and oxygen atoms in total. The third kappa shape index (κ3) is 6.90. The van der Waals surface area contributed by atoms with Crippen molar-refractivity contribution in [1.29, 1.82) is 0 Å². The summed E-state index contributed by atoms with van der Waals surface area (Å²) in [5, 5.41) is 6.43. The number of ether oxygens (including phenoxy) is 2. The van der Waals surface area contributed by atoms with Gasteiger partial charge >= 0.3 is 0 Å². The van der Waals surface area contributed by atoms with E-state index in [1.54, 1.807) is 27.5 Å². The Labute approximate surface area is 137 Å². The summed E-state index contributed by atoms with van der Waals surface area (Å²) in [4.78, 5) is 8.30. The average Bonchev–Trinajstić information content (AvgIpc) is 2.47. The van der Waals surface area contributed by atoms with E-state index in [2.05, 4.69) is 20.6 Å². The predicted octanol–water partition coefficient (Wildman–Crippen LogP) is 1.41. The van der Waals surface area contributed by atoms with Gasteiger partial charge in [0.1, 0.15) is 0 Å². The molecule has 7 heteroatoms. The molecule has 2 N–H and O–H groups in total. The van der Waals surface area contributed by atoms with E-state index in [9.17, 15) is 0 Å². The molecule has 0 aromatic carbocycles. The minimum atomic E-state index is 0. The maximum Gasteiger partial charge on any atom is 0.218 e. The largest absolute Gasteiger partial charge is 0.481 e. The van der Waals surface area contributed by atoms with Crippen molar-refractivity contribution in [3.63, 3.8) is 0 Å². The second kappa shape index (κ2) is 11.7. The van der Waals surface area contributed by atoms with Gasteiger partial charge in [-0.15, -0.1) is 24.0 Å². The lowest BCUT2D eigenvalue weighted by molar-refractivity contribution is 0.195. The van der Waals surface area contributed by atoms with Gasteiger partial charge in [-0.2, -0.15) is 0 Å². The van der Waals surface area contributed by atoms with Crippen LogP contribution >= 0.6 is 24.0 Å². The van der Waals surface area contributed by atoms with Crippen molar-refractivity contribution in [2.75, 3.05) is 34.4 Å². The van der Waals surface area contributed by atoms with E-state index in [4.69, 9.17) is 9.47 Å². The first-order valence-electron chi connectivity index (χ1n) is 6.23. The summed E-state index contributed by atoms with van der Waals surface area (Å²) < 4.78 is 10.2. The molecule has 0 aliphatic heterocycles. The number of aromatic nitrogens is 1. The van der Waals surface area contributed by atoms with E-state index < -0.39 is 0 Å². The monoisotopic (exact) mass is 394 g/mol. The molecular weight excluding hydrogens is 371 g/mol. The first-order valence-corrected chi connectivity index (χ1v) is 6.23. The standard InChI is InChI=1S/C13H22N4O2.HI/c1-14-13(16-8-5-9-18-2)17-10-11-6-4-7-15-12(11)19-3;/h4,6-7H,5,8-10H2,1-3H3,(H2,14,16,17);1H. The molecule has 0 aliphatic rings. The molecule has 1 aromatic heterocycles. The molecule has 20 heavy (non-hydrogen) atoms. The summed E-state index contributed by atoms with van der Waals surface area (Å²) in [5.74, 6) is 1.38. The van der Waals surface area contributed by atoms with Crippen molar-refractivity contribution in [2.45, 2.75) is 13.0 Å². The van der Waals surface area contributed by atoms with E-state index in [0.717, 1.165) is 31.1 Å². The second-order valence-electron chi connectivity index (χ2n) is 3.87. The fourth-order valence-electron chi connectivity index (χ4n) is 1.57. The van der Waals surface area contributed by atoms with Crippen LogP contribution in [0.2, 0.25) is 0 Å². The van der Waals surface area contributed by atoms with Gasteiger partial charge in [-0.05, 0) is 12.5 Å². The van der Waals surface area contributed by atoms with Crippen LogP contribution in [-0.2, 0) is 11.3 Å². The van der Waals surface area contributed by atoms with Gasteiger partial charge in [0, 0.05) is 45.6 Å². The summed E-state index contributed by atoms with van der Waals surface area (Å²) in [5.41, 5.74) is 0.991. The van der Waals surface area contributed by atoms with Crippen LogP contribution in [0.25, 0.3) is 0 Å². The molecule has 1 heterocycles. The first kappa shape index (κ1) is 18.9. The molecule has 1 aromatic rings.